The van der Waals surface area contributed by atoms with Gasteiger partial charge in [-0.05, 0) is 49.9 Å². The number of hydrogen-bond donors (Lipinski definition) is 1. The van der Waals surface area contributed by atoms with E-state index in [1.807, 2.05) is 6.07 Å². The van der Waals surface area contributed by atoms with Gasteiger partial charge in [0.1, 0.15) is 17.2 Å². The van der Waals surface area contributed by atoms with Crippen molar-refractivity contribution in [3.8, 4) is 11.5 Å². The van der Waals surface area contributed by atoms with Gasteiger partial charge in [0.2, 0.25) is 0 Å². The van der Waals surface area contributed by atoms with Gasteiger partial charge in [0.05, 0.1) is 31.8 Å². The molecular formula is C21H27N3O3. The number of carbonyl (C=O) groups excluding carboxylic acids is 1. The van der Waals surface area contributed by atoms with Crippen molar-refractivity contribution in [1.82, 2.24) is 4.98 Å². The summed E-state index contributed by atoms with van der Waals surface area (Å²) in [7, 11) is 3.14. The first kappa shape index (κ1) is 19.0. The van der Waals surface area contributed by atoms with E-state index in [4.69, 9.17) is 9.47 Å². The Morgan fingerprint density at radius 3 is 2.74 bits per heavy atom. The van der Waals surface area contributed by atoms with Crippen molar-refractivity contribution < 1.29 is 14.3 Å². The molecule has 144 valence electrons. The van der Waals surface area contributed by atoms with E-state index in [1.54, 1.807) is 44.7 Å². The summed E-state index contributed by atoms with van der Waals surface area (Å²) in [5, 5.41) is 2.85. The minimum Gasteiger partial charge on any atom is -0.497 e. The molecule has 1 saturated heterocycles. The van der Waals surface area contributed by atoms with Gasteiger partial charge < -0.3 is 19.7 Å². The number of nitrogens with zero attached hydrogens (tertiary/aromatic N) is 2. The number of nitrogens with one attached hydrogen (secondary N) is 1. The van der Waals surface area contributed by atoms with E-state index >= 15 is 0 Å². The zero-order valence-corrected chi connectivity index (χ0v) is 16.2. The molecule has 2 aromatic rings. The van der Waals surface area contributed by atoms with Gasteiger partial charge in [-0.15, -0.1) is 0 Å². The van der Waals surface area contributed by atoms with E-state index in [0.717, 1.165) is 18.7 Å². The minimum absolute atomic E-state index is 0.268. The average molecular weight is 369 g/mol. The molecule has 0 saturated carbocycles. The number of carbonyl (C=O) groups is 1. The molecular weight excluding hydrogens is 342 g/mol. The van der Waals surface area contributed by atoms with E-state index in [0.29, 0.717) is 28.9 Å². The van der Waals surface area contributed by atoms with Crippen LogP contribution in [-0.4, -0.2) is 37.7 Å². The highest BCUT2D eigenvalue weighted by Gasteiger charge is 2.21. The van der Waals surface area contributed by atoms with Crippen LogP contribution < -0.4 is 19.7 Å². The Bertz CT molecular complexity index is 777. The topological polar surface area (TPSA) is 63.7 Å². The van der Waals surface area contributed by atoms with Crippen LogP contribution in [0.2, 0.25) is 0 Å². The van der Waals surface area contributed by atoms with Gasteiger partial charge in [-0.3, -0.25) is 4.79 Å². The van der Waals surface area contributed by atoms with Crippen molar-refractivity contribution >= 4 is 17.3 Å². The Hall–Kier alpha value is -2.76. The first-order valence-corrected chi connectivity index (χ1v) is 9.42. The molecule has 1 unspecified atom stereocenters. The van der Waals surface area contributed by atoms with Crippen LogP contribution in [0, 0.1) is 0 Å². The lowest BCUT2D eigenvalue weighted by molar-refractivity contribution is 0.102. The summed E-state index contributed by atoms with van der Waals surface area (Å²) in [6.45, 7) is 3.27. The largest absolute Gasteiger partial charge is 0.497 e. The lowest BCUT2D eigenvalue weighted by atomic mass is 9.99. The monoisotopic (exact) mass is 369 g/mol. The molecule has 0 bridgehead atoms. The van der Waals surface area contributed by atoms with Crippen LogP contribution in [0.5, 0.6) is 11.5 Å². The summed E-state index contributed by atoms with van der Waals surface area (Å²) in [6.07, 6.45) is 6.63. The maximum Gasteiger partial charge on any atom is 0.274 e. The van der Waals surface area contributed by atoms with Gasteiger partial charge in [-0.25, -0.2) is 4.98 Å². The first-order chi connectivity index (χ1) is 13.2. The highest BCUT2D eigenvalue weighted by Crippen LogP contribution is 2.30. The summed E-state index contributed by atoms with van der Waals surface area (Å²) < 4.78 is 10.5. The van der Waals surface area contributed by atoms with Crippen LogP contribution >= 0.6 is 0 Å². The summed E-state index contributed by atoms with van der Waals surface area (Å²) in [5.41, 5.74) is 2.04. The van der Waals surface area contributed by atoms with Gasteiger partial charge in [-0.1, -0.05) is 6.92 Å². The van der Waals surface area contributed by atoms with Crippen LogP contribution in [0.3, 0.4) is 0 Å². The number of methoxy groups -OCH3 is 2. The van der Waals surface area contributed by atoms with Crippen molar-refractivity contribution in [2.24, 2.45) is 0 Å². The van der Waals surface area contributed by atoms with Crippen LogP contribution in [0.1, 0.15) is 43.1 Å². The van der Waals surface area contributed by atoms with Crippen molar-refractivity contribution in [3.63, 3.8) is 0 Å². The van der Waals surface area contributed by atoms with Crippen LogP contribution in [-0.2, 0) is 0 Å². The quantitative estimate of drug-likeness (QED) is 0.830. The second-order valence-electron chi connectivity index (χ2n) is 6.67. The molecule has 27 heavy (non-hydrogen) atoms. The maximum absolute atomic E-state index is 12.6. The number of amides is 1. The molecule has 1 aromatic heterocycles. The fourth-order valence-electron chi connectivity index (χ4n) is 3.54. The third-order valence-electron chi connectivity index (χ3n) is 5.07. The molecule has 1 atom stereocenters. The van der Waals surface area contributed by atoms with Gasteiger partial charge in [-0.2, -0.15) is 0 Å². The van der Waals surface area contributed by atoms with Crippen molar-refractivity contribution in [2.45, 2.75) is 38.6 Å². The molecule has 0 aliphatic carbocycles. The fourth-order valence-corrected chi connectivity index (χ4v) is 3.54. The van der Waals surface area contributed by atoms with Crippen molar-refractivity contribution in [2.75, 3.05) is 31.0 Å². The molecule has 6 heteroatoms. The van der Waals surface area contributed by atoms with Gasteiger partial charge in [0.15, 0.2) is 0 Å². The summed E-state index contributed by atoms with van der Waals surface area (Å²) in [4.78, 5) is 19.4. The van der Waals surface area contributed by atoms with E-state index < -0.39 is 0 Å². The van der Waals surface area contributed by atoms with E-state index in [9.17, 15) is 4.79 Å². The van der Waals surface area contributed by atoms with Crippen molar-refractivity contribution in [1.29, 1.82) is 0 Å². The smallest absolute Gasteiger partial charge is 0.274 e. The Morgan fingerprint density at radius 1 is 1.22 bits per heavy atom. The number of rotatable bonds is 6. The number of hydrogen-bond acceptors (Lipinski definition) is 5. The second-order valence-corrected chi connectivity index (χ2v) is 6.67. The lowest BCUT2D eigenvalue weighted by Gasteiger charge is -2.37. The molecule has 1 aliphatic rings. The van der Waals surface area contributed by atoms with Gasteiger partial charge in [0, 0.05) is 18.7 Å². The minimum atomic E-state index is -0.268. The van der Waals surface area contributed by atoms with E-state index in [-0.39, 0.29) is 5.91 Å². The van der Waals surface area contributed by atoms with Gasteiger partial charge >= 0.3 is 0 Å². The SMILES string of the molecule is CCC1CCCCN1c1ccc(C(=O)Nc2ccc(OC)cc2OC)nc1. The molecule has 6 nitrogen and oxygen atoms in total. The molecule has 0 radical (unpaired) electrons. The normalized spacial score (nSPS) is 16.7. The second kappa shape index (κ2) is 8.75. The number of piperidine rings is 1. The zero-order valence-electron chi connectivity index (χ0n) is 16.2. The zero-order chi connectivity index (χ0) is 19.2. The Kier molecular flexibility index (Phi) is 6.16. The van der Waals surface area contributed by atoms with Crippen LogP contribution in [0.15, 0.2) is 36.5 Å². The number of pyridine rings is 1. The molecule has 1 aromatic carbocycles. The fraction of sp³-hybridized carbons (Fsp3) is 0.429. The molecule has 1 fully saturated rings. The molecule has 3 rings (SSSR count). The first-order valence-electron chi connectivity index (χ1n) is 9.42. The van der Waals surface area contributed by atoms with E-state index in [1.165, 1.54) is 19.3 Å². The molecule has 2 heterocycles. The molecule has 1 N–H and O–H groups in total. The van der Waals surface area contributed by atoms with Crippen molar-refractivity contribution in [3.05, 3.63) is 42.2 Å². The predicted octanol–water partition coefficient (Wildman–Crippen LogP) is 4.12. The molecule has 0 spiro atoms. The number of anilines is 2. The lowest BCUT2D eigenvalue weighted by Crippen LogP contribution is -2.39. The Labute approximate surface area is 160 Å². The average Bonchev–Trinajstić information content (AvgIpc) is 2.74. The molecule has 1 aliphatic heterocycles. The summed E-state index contributed by atoms with van der Waals surface area (Å²) >= 11 is 0. The maximum atomic E-state index is 12.6. The number of benzene rings is 1. The third-order valence-corrected chi connectivity index (χ3v) is 5.07. The Balaban J connectivity index is 1.72. The standard InChI is InChI=1S/C21H27N3O3/c1-4-15-7-5-6-12-24(15)16-8-10-19(22-14-16)21(25)23-18-11-9-17(26-2)13-20(18)27-3/h8-11,13-15H,4-7,12H2,1-3H3,(H,23,25). The molecule has 1 amide bonds. The van der Waals surface area contributed by atoms with Crippen LogP contribution in [0.4, 0.5) is 11.4 Å². The Morgan fingerprint density at radius 2 is 2.07 bits per heavy atom. The predicted molar refractivity (Wildman–Crippen MR) is 107 cm³/mol. The summed E-state index contributed by atoms with van der Waals surface area (Å²) in [6, 6.07) is 9.58. The third kappa shape index (κ3) is 4.32. The highest BCUT2D eigenvalue weighted by molar-refractivity contribution is 6.03. The van der Waals surface area contributed by atoms with E-state index in [2.05, 4.69) is 22.1 Å². The number of ether oxygens (including phenoxy) is 2. The highest BCUT2D eigenvalue weighted by atomic mass is 16.5. The number of aromatic nitrogens is 1. The van der Waals surface area contributed by atoms with Crippen LogP contribution in [0.25, 0.3) is 0 Å². The summed E-state index contributed by atoms with van der Waals surface area (Å²) in [5.74, 6) is 0.938. The van der Waals surface area contributed by atoms with Gasteiger partial charge in [0.25, 0.3) is 5.91 Å².